The van der Waals surface area contributed by atoms with Gasteiger partial charge in [0.15, 0.2) is 5.78 Å². The number of anilines is 1. The van der Waals surface area contributed by atoms with E-state index in [0.717, 1.165) is 0 Å². The van der Waals surface area contributed by atoms with Crippen molar-refractivity contribution in [2.75, 3.05) is 5.73 Å². The Morgan fingerprint density at radius 3 is 2.31 bits per heavy atom. The lowest BCUT2D eigenvalue weighted by atomic mass is 10.0. The minimum absolute atomic E-state index is 0.0532. The second-order valence-electron chi connectivity index (χ2n) is 3.43. The highest BCUT2D eigenvalue weighted by atomic mass is 35.5. The Labute approximate surface area is 98.7 Å². The van der Waals surface area contributed by atoms with Gasteiger partial charge >= 0.3 is 0 Å². The van der Waals surface area contributed by atoms with Crippen LogP contribution in [-0.4, -0.2) is 5.78 Å². The summed E-state index contributed by atoms with van der Waals surface area (Å²) in [6.45, 7) is 0. The van der Waals surface area contributed by atoms with E-state index in [9.17, 15) is 4.79 Å². The Morgan fingerprint density at radius 1 is 1.00 bits per heavy atom. The molecule has 0 unspecified atom stereocenters. The molecule has 0 saturated heterocycles. The van der Waals surface area contributed by atoms with E-state index in [1.54, 1.807) is 30.3 Å². The largest absolute Gasteiger partial charge is 0.398 e. The molecule has 0 bridgehead atoms. The van der Waals surface area contributed by atoms with Gasteiger partial charge in [-0.25, -0.2) is 0 Å². The van der Waals surface area contributed by atoms with Crippen LogP contribution in [0, 0.1) is 0 Å². The van der Waals surface area contributed by atoms with Crippen LogP contribution < -0.4 is 5.73 Å². The molecule has 3 heteroatoms. The normalized spacial score (nSPS) is 10.1. The van der Waals surface area contributed by atoms with Crippen molar-refractivity contribution in [3.63, 3.8) is 0 Å². The highest BCUT2D eigenvalue weighted by Crippen LogP contribution is 2.21. The minimum atomic E-state index is -0.0532. The van der Waals surface area contributed by atoms with Crippen LogP contribution in [0.2, 0.25) is 5.02 Å². The van der Waals surface area contributed by atoms with Gasteiger partial charge in [0.25, 0.3) is 0 Å². The average molecular weight is 232 g/mol. The van der Waals surface area contributed by atoms with Crippen molar-refractivity contribution in [3.05, 3.63) is 64.7 Å². The molecule has 0 aromatic heterocycles. The molecule has 2 aromatic rings. The van der Waals surface area contributed by atoms with Crippen molar-refractivity contribution >= 4 is 23.1 Å². The predicted octanol–water partition coefficient (Wildman–Crippen LogP) is 3.15. The fourth-order valence-electron chi connectivity index (χ4n) is 1.42. The van der Waals surface area contributed by atoms with E-state index in [1.165, 1.54) is 0 Å². The number of carbonyl (C=O) groups excluding carboxylic acids is 1. The third kappa shape index (κ3) is 2.07. The van der Waals surface area contributed by atoms with Crippen LogP contribution >= 0.6 is 11.6 Å². The molecule has 0 amide bonds. The first-order valence-corrected chi connectivity index (χ1v) is 5.21. The Bertz CT molecular complexity index is 523. The summed E-state index contributed by atoms with van der Waals surface area (Å²) in [7, 11) is 0. The summed E-state index contributed by atoms with van der Waals surface area (Å²) < 4.78 is 0. The summed E-state index contributed by atoms with van der Waals surface area (Å²) in [6, 6.07) is 14.0. The summed E-state index contributed by atoms with van der Waals surface area (Å²) >= 11 is 5.87. The molecule has 0 aliphatic carbocycles. The number of nitrogens with two attached hydrogens (primary N) is 1. The van der Waals surface area contributed by atoms with Crippen LogP contribution in [0.5, 0.6) is 0 Å². The Morgan fingerprint density at radius 2 is 1.69 bits per heavy atom. The number of hydrogen-bond donors (Lipinski definition) is 1. The Kier molecular flexibility index (Phi) is 2.93. The first kappa shape index (κ1) is 10.7. The second kappa shape index (κ2) is 4.37. The maximum absolute atomic E-state index is 12.0. The molecule has 0 aliphatic heterocycles. The van der Waals surface area contributed by atoms with Crippen molar-refractivity contribution in [2.45, 2.75) is 0 Å². The highest BCUT2D eigenvalue weighted by Gasteiger charge is 2.09. The van der Waals surface area contributed by atoms with Gasteiger partial charge < -0.3 is 5.73 Å². The third-order valence-electron chi connectivity index (χ3n) is 2.30. The van der Waals surface area contributed by atoms with E-state index in [4.69, 9.17) is 17.3 Å². The Hall–Kier alpha value is -1.80. The predicted molar refractivity (Wildman–Crippen MR) is 65.7 cm³/mol. The number of hydrogen-bond acceptors (Lipinski definition) is 2. The number of carbonyl (C=O) groups is 1. The van der Waals surface area contributed by atoms with Gasteiger partial charge in [-0.1, -0.05) is 41.9 Å². The monoisotopic (exact) mass is 231 g/mol. The fourth-order valence-corrected chi connectivity index (χ4v) is 1.61. The topological polar surface area (TPSA) is 43.1 Å². The van der Waals surface area contributed by atoms with E-state index < -0.39 is 0 Å². The summed E-state index contributed by atoms with van der Waals surface area (Å²) in [5, 5.41) is 0.404. The molecule has 80 valence electrons. The molecule has 0 atom stereocenters. The quantitative estimate of drug-likeness (QED) is 0.637. The van der Waals surface area contributed by atoms with Crippen molar-refractivity contribution in [1.82, 2.24) is 0 Å². The number of benzene rings is 2. The maximum Gasteiger partial charge on any atom is 0.193 e. The molecule has 2 rings (SSSR count). The zero-order valence-electron chi connectivity index (χ0n) is 8.48. The summed E-state index contributed by atoms with van der Waals surface area (Å²) in [6.07, 6.45) is 0. The Balaban J connectivity index is 2.39. The number of nitrogen functional groups attached to an aromatic ring is 1. The number of rotatable bonds is 2. The van der Waals surface area contributed by atoms with Gasteiger partial charge in [-0.3, -0.25) is 4.79 Å². The summed E-state index contributed by atoms with van der Waals surface area (Å²) in [5.74, 6) is -0.0532. The standard InChI is InChI=1S/C13H10ClNO/c14-11-8-10(6-7-12(11)15)13(16)9-4-2-1-3-5-9/h1-8H,15H2. The molecule has 0 radical (unpaired) electrons. The number of ketones is 1. The smallest absolute Gasteiger partial charge is 0.193 e. The van der Waals surface area contributed by atoms with Gasteiger partial charge in [0.05, 0.1) is 10.7 Å². The molecule has 0 heterocycles. The van der Waals surface area contributed by atoms with Gasteiger partial charge in [0, 0.05) is 11.1 Å². The summed E-state index contributed by atoms with van der Waals surface area (Å²) in [4.78, 5) is 12.0. The van der Waals surface area contributed by atoms with E-state index >= 15 is 0 Å². The lowest BCUT2D eigenvalue weighted by Gasteiger charge is -2.03. The first-order chi connectivity index (χ1) is 7.68. The molecule has 16 heavy (non-hydrogen) atoms. The van der Waals surface area contributed by atoms with Gasteiger partial charge in [-0.05, 0) is 18.2 Å². The molecule has 0 saturated carbocycles. The molecule has 0 spiro atoms. The molecular formula is C13H10ClNO. The van der Waals surface area contributed by atoms with Gasteiger partial charge in [-0.15, -0.1) is 0 Å². The molecule has 2 nitrogen and oxygen atoms in total. The van der Waals surface area contributed by atoms with Crippen molar-refractivity contribution in [2.24, 2.45) is 0 Å². The first-order valence-electron chi connectivity index (χ1n) is 4.83. The van der Waals surface area contributed by atoms with Crippen molar-refractivity contribution in [3.8, 4) is 0 Å². The highest BCUT2D eigenvalue weighted by molar-refractivity contribution is 6.33. The van der Waals surface area contributed by atoms with Crippen LogP contribution in [-0.2, 0) is 0 Å². The lowest BCUT2D eigenvalue weighted by molar-refractivity contribution is 0.103. The van der Waals surface area contributed by atoms with Crippen LogP contribution in [0.15, 0.2) is 48.5 Å². The third-order valence-corrected chi connectivity index (χ3v) is 2.63. The molecule has 2 N–H and O–H groups in total. The molecule has 0 aliphatic rings. The van der Waals surface area contributed by atoms with Crippen molar-refractivity contribution < 1.29 is 4.79 Å². The fraction of sp³-hybridized carbons (Fsp3) is 0. The van der Waals surface area contributed by atoms with E-state index in [1.807, 2.05) is 18.2 Å². The maximum atomic E-state index is 12.0. The van der Waals surface area contributed by atoms with Crippen LogP contribution in [0.1, 0.15) is 15.9 Å². The van der Waals surface area contributed by atoms with E-state index in [-0.39, 0.29) is 5.78 Å². The van der Waals surface area contributed by atoms with Gasteiger partial charge in [-0.2, -0.15) is 0 Å². The van der Waals surface area contributed by atoms with Gasteiger partial charge in [0.2, 0.25) is 0 Å². The molecular weight excluding hydrogens is 222 g/mol. The minimum Gasteiger partial charge on any atom is -0.398 e. The van der Waals surface area contributed by atoms with Crippen molar-refractivity contribution in [1.29, 1.82) is 0 Å². The lowest BCUT2D eigenvalue weighted by Crippen LogP contribution is -2.01. The van der Waals surface area contributed by atoms with Gasteiger partial charge in [0.1, 0.15) is 0 Å². The zero-order chi connectivity index (χ0) is 11.5. The molecule has 2 aromatic carbocycles. The zero-order valence-corrected chi connectivity index (χ0v) is 9.24. The average Bonchev–Trinajstić information content (AvgIpc) is 2.33. The van der Waals surface area contributed by atoms with Crippen LogP contribution in [0.3, 0.4) is 0 Å². The van der Waals surface area contributed by atoms with Crippen LogP contribution in [0.25, 0.3) is 0 Å². The number of halogens is 1. The summed E-state index contributed by atoms with van der Waals surface area (Å²) in [5.41, 5.74) is 7.25. The van der Waals surface area contributed by atoms with Crippen LogP contribution in [0.4, 0.5) is 5.69 Å². The van der Waals surface area contributed by atoms with E-state index in [0.29, 0.717) is 21.8 Å². The second-order valence-corrected chi connectivity index (χ2v) is 3.84. The van der Waals surface area contributed by atoms with E-state index in [2.05, 4.69) is 0 Å². The SMILES string of the molecule is Nc1ccc(C(=O)c2ccccc2)cc1Cl. The molecule has 0 fully saturated rings.